The van der Waals surface area contributed by atoms with E-state index in [1.807, 2.05) is 30.3 Å². The van der Waals surface area contributed by atoms with Crippen LogP contribution in [0.4, 0.5) is 0 Å². The van der Waals surface area contributed by atoms with Crippen LogP contribution in [0.1, 0.15) is 63.4 Å². The third kappa shape index (κ3) is 6.80. The molecule has 2 heterocycles. The summed E-state index contributed by atoms with van der Waals surface area (Å²) < 4.78 is 5.50. The molecule has 3 aliphatic rings. The van der Waals surface area contributed by atoms with Gasteiger partial charge in [0.05, 0.1) is 5.54 Å². The molecular formula is C27H42N4O3. The van der Waals surface area contributed by atoms with E-state index >= 15 is 0 Å². The predicted octanol–water partition coefficient (Wildman–Crippen LogP) is 2.38. The second-order valence-corrected chi connectivity index (χ2v) is 10.5. The largest absolute Gasteiger partial charge is 0.381 e. The van der Waals surface area contributed by atoms with E-state index in [1.165, 1.54) is 12.8 Å². The number of benzene rings is 1. The van der Waals surface area contributed by atoms with Gasteiger partial charge in [-0.05, 0) is 69.5 Å². The molecular weight excluding hydrogens is 428 g/mol. The third-order valence-electron chi connectivity index (χ3n) is 8.06. The molecule has 4 N–H and O–H groups in total. The van der Waals surface area contributed by atoms with Gasteiger partial charge in [-0.2, -0.15) is 0 Å². The van der Waals surface area contributed by atoms with E-state index < -0.39 is 11.6 Å². The maximum absolute atomic E-state index is 13.1. The van der Waals surface area contributed by atoms with Gasteiger partial charge in [0.1, 0.15) is 6.04 Å². The summed E-state index contributed by atoms with van der Waals surface area (Å²) >= 11 is 0. The Morgan fingerprint density at radius 3 is 2.41 bits per heavy atom. The van der Waals surface area contributed by atoms with Gasteiger partial charge in [0.15, 0.2) is 0 Å². The van der Waals surface area contributed by atoms with Crippen molar-refractivity contribution in [2.45, 2.75) is 81.8 Å². The smallest absolute Gasteiger partial charge is 0.242 e. The molecule has 7 heteroatoms. The SMILES string of the molecule is NC1(C(=O)N[C@H](Cc2ccccc2)C(=O)NCCC2CCN(C3CCOCC3)CC2)CCCC1. The van der Waals surface area contributed by atoms with Gasteiger partial charge in [-0.1, -0.05) is 43.2 Å². The second kappa shape index (κ2) is 12.1. The highest BCUT2D eigenvalue weighted by molar-refractivity contribution is 5.92. The summed E-state index contributed by atoms with van der Waals surface area (Å²) in [4.78, 5) is 28.7. The first kappa shape index (κ1) is 25.1. The average molecular weight is 471 g/mol. The zero-order valence-electron chi connectivity index (χ0n) is 20.5. The van der Waals surface area contributed by atoms with E-state index in [1.54, 1.807) is 0 Å². The molecule has 1 aromatic rings. The average Bonchev–Trinajstić information content (AvgIpc) is 3.33. The lowest BCUT2D eigenvalue weighted by Crippen LogP contribution is -2.58. The summed E-state index contributed by atoms with van der Waals surface area (Å²) in [6.45, 7) is 4.73. The van der Waals surface area contributed by atoms with E-state index in [4.69, 9.17) is 10.5 Å². The number of rotatable bonds is 9. The fraction of sp³-hybridized carbons (Fsp3) is 0.704. The lowest BCUT2D eigenvalue weighted by molar-refractivity contribution is -0.131. The van der Waals surface area contributed by atoms with Gasteiger partial charge < -0.3 is 26.0 Å². The van der Waals surface area contributed by atoms with Crippen molar-refractivity contribution in [1.82, 2.24) is 15.5 Å². The lowest BCUT2D eigenvalue weighted by atomic mass is 9.91. The first-order chi connectivity index (χ1) is 16.5. The number of nitrogens with one attached hydrogen (secondary N) is 2. The standard InChI is InChI=1S/C27H42N4O3/c28-27(13-4-5-14-27)26(33)30-24(20-22-6-2-1-3-7-22)25(32)29-15-8-21-9-16-31(17-10-21)23-11-18-34-19-12-23/h1-3,6-7,21,23-24H,4-5,8-20,28H2,(H,29,32)(H,30,33)/t24-/m1/s1. The molecule has 1 aliphatic carbocycles. The summed E-state index contributed by atoms with van der Waals surface area (Å²) in [5.74, 6) is 0.337. The van der Waals surface area contributed by atoms with E-state index in [2.05, 4.69) is 15.5 Å². The second-order valence-electron chi connectivity index (χ2n) is 10.5. The molecule has 1 atom stereocenters. The number of amides is 2. The highest BCUT2D eigenvalue weighted by Gasteiger charge is 2.38. The van der Waals surface area contributed by atoms with Gasteiger partial charge in [0.2, 0.25) is 11.8 Å². The van der Waals surface area contributed by atoms with E-state index in [0.717, 1.165) is 64.0 Å². The van der Waals surface area contributed by atoms with E-state index in [-0.39, 0.29) is 11.8 Å². The van der Waals surface area contributed by atoms with Crippen LogP contribution in [0.25, 0.3) is 0 Å². The number of likely N-dealkylation sites (tertiary alicyclic amines) is 1. The van der Waals surface area contributed by atoms with E-state index in [9.17, 15) is 9.59 Å². The van der Waals surface area contributed by atoms with Gasteiger partial charge in [-0.3, -0.25) is 9.59 Å². The Morgan fingerprint density at radius 1 is 1.06 bits per heavy atom. The van der Waals surface area contributed by atoms with Crippen LogP contribution >= 0.6 is 0 Å². The number of nitrogens with zero attached hydrogens (tertiary/aromatic N) is 1. The topological polar surface area (TPSA) is 96.7 Å². The molecule has 3 fully saturated rings. The lowest BCUT2D eigenvalue weighted by Gasteiger charge is -2.39. The number of nitrogens with two attached hydrogens (primary N) is 1. The van der Waals surface area contributed by atoms with Crippen molar-refractivity contribution in [1.29, 1.82) is 0 Å². The Kier molecular flexibility index (Phi) is 8.98. The zero-order valence-corrected chi connectivity index (χ0v) is 20.5. The van der Waals surface area contributed by atoms with Crippen LogP contribution in [-0.4, -0.2) is 67.2 Å². The molecule has 0 bridgehead atoms. The molecule has 1 saturated carbocycles. The molecule has 0 radical (unpaired) electrons. The maximum atomic E-state index is 13.1. The van der Waals surface area contributed by atoms with Crippen LogP contribution in [0.3, 0.4) is 0 Å². The summed E-state index contributed by atoms with van der Waals surface area (Å²) in [6, 6.07) is 9.94. The van der Waals surface area contributed by atoms with Crippen molar-refractivity contribution in [3.05, 3.63) is 35.9 Å². The van der Waals surface area contributed by atoms with Crippen molar-refractivity contribution >= 4 is 11.8 Å². The normalized spacial score (nSPS) is 22.9. The third-order valence-corrected chi connectivity index (χ3v) is 8.06. The highest BCUT2D eigenvalue weighted by atomic mass is 16.5. The first-order valence-corrected chi connectivity index (χ1v) is 13.3. The molecule has 2 amide bonds. The van der Waals surface area contributed by atoms with Crippen molar-refractivity contribution in [3.63, 3.8) is 0 Å². The summed E-state index contributed by atoms with van der Waals surface area (Å²) in [7, 11) is 0. The first-order valence-electron chi connectivity index (χ1n) is 13.3. The van der Waals surface area contributed by atoms with Crippen LogP contribution in [0.2, 0.25) is 0 Å². The number of carbonyl (C=O) groups excluding carboxylic acids is 2. The zero-order chi connectivity index (χ0) is 23.8. The molecule has 188 valence electrons. The molecule has 0 spiro atoms. The monoisotopic (exact) mass is 470 g/mol. The molecule has 1 aromatic carbocycles. The number of hydrogen-bond donors (Lipinski definition) is 3. The van der Waals surface area contributed by atoms with Gasteiger partial charge in [0.25, 0.3) is 0 Å². The predicted molar refractivity (Wildman–Crippen MR) is 133 cm³/mol. The highest BCUT2D eigenvalue weighted by Crippen LogP contribution is 2.28. The molecule has 2 saturated heterocycles. The molecule has 0 aromatic heterocycles. The van der Waals surface area contributed by atoms with E-state index in [0.29, 0.717) is 37.8 Å². The van der Waals surface area contributed by atoms with Crippen LogP contribution in [-0.2, 0) is 20.7 Å². The molecule has 7 nitrogen and oxygen atoms in total. The molecule has 0 unspecified atom stereocenters. The van der Waals surface area contributed by atoms with Crippen LogP contribution in [0.5, 0.6) is 0 Å². The minimum absolute atomic E-state index is 0.113. The van der Waals surface area contributed by atoms with Crippen molar-refractivity contribution in [2.75, 3.05) is 32.8 Å². The fourth-order valence-electron chi connectivity index (χ4n) is 5.77. The maximum Gasteiger partial charge on any atom is 0.242 e. The number of hydrogen-bond acceptors (Lipinski definition) is 5. The Hall–Kier alpha value is -1.96. The minimum Gasteiger partial charge on any atom is -0.381 e. The number of piperidine rings is 1. The number of carbonyl (C=O) groups is 2. The Labute approximate surface area is 204 Å². The Balaban J connectivity index is 1.25. The molecule has 34 heavy (non-hydrogen) atoms. The van der Waals surface area contributed by atoms with Crippen LogP contribution < -0.4 is 16.4 Å². The van der Waals surface area contributed by atoms with Gasteiger partial charge >= 0.3 is 0 Å². The van der Waals surface area contributed by atoms with Gasteiger partial charge in [-0.25, -0.2) is 0 Å². The fourth-order valence-corrected chi connectivity index (χ4v) is 5.77. The number of ether oxygens (including phenoxy) is 1. The Bertz CT molecular complexity index is 782. The Morgan fingerprint density at radius 2 is 1.74 bits per heavy atom. The van der Waals surface area contributed by atoms with Crippen molar-refractivity contribution in [3.8, 4) is 0 Å². The molecule has 4 rings (SSSR count). The summed E-state index contributed by atoms with van der Waals surface area (Å²) in [5, 5.41) is 6.09. The minimum atomic E-state index is -0.840. The van der Waals surface area contributed by atoms with Crippen molar-refractivity contribution < 1.29 is 14.3 Å². The summed E-state index contributed by atoms with van der Waals surface area (Å²) in [5.41, 5.74) is 6.54. The van der Waals surface area contributed by atoms with Crippen LogP contribution in [0.15, 0.2) is 30.3 Å². The van der Waals surface area contributed by atoms with Crippen molar-refractivity contribution in [2.24, 2.45) is 11.7 Å². The van der Waals surface area contributed by atoms with Gasteiger partial charge in [-0.15, -0.1) is 0 Å². The quantitative estimate of drug-likeness (QED) is 0.515. The van der Waals surface area contributed by atoms with Gasteiger partial charge in [0, 0.05) is 32.2 Å². The molecule has 2 aliphatic heterocycles. The van der Waals surface area contributed by atoms with Crippen LogP contribution in [0, 0.1) is 5.92 Å². The summed E-state index contributed by atoms with van der Waals surface area (Å²) in [6.07, 6.45) is 9.44.